The number of hydrogen-bond acceptors (Lipinski definition) is 7. The molecule has 152 valence electrons. The predicted molar refractivity (Wildman–Crippen MR) is 107 cm³/mol. The molecule has 0 radical (unpaired) electrons. The summed E-state index contributed by atoms with van der Waals surface area (Å²) in [6.07, 6.45) is 5.48. The fourth-order valence-electron chi connectivity index (χ4n) is 4.08. The molecule has 8 nitrogen and oxygen atoms in total. The zero-order valence-electron chi connectivity index (χ0n) is 16.7. The van der Waals surface area contributed by atoms with Gasteiger partial charge in [0.1, 0.15) is 5.82 Å². The lowest BCUT2D eigenvalue weighted by Crippen LogP contribution is -2.49. The van der Waals surface area contributed by atoms with Crippen molar-refractivity contribution in [1.29, 1.82) is 5.26 Å². The van der Waals surface area contributed by atoms with Crippen LogP contribution in [0.3, 0.4) is 0 Å². The van der Waals surface area contributed by atoms with E-state index in [1.807, 2.05) is 19.9 Å². The van der Waals surface area contributed by atoms with Gasteiger partial charge in [-0.25, -0.2) is 5.01 Å². The molecule has 2 aliphatic rings. The normalized spacial score (nSPS) is 20.6. The summed E-state index contributed by atoms with van der Waals surface area (Å²) in [6.45, 7) is 3.97. The van der Waals surface area contributed by atoms with Crippen LogP contribution in [-0.2, 0) is 4.79 Å². The van der Waals surface area contributed by atoms with Gasteiger partial charge in [-0.2, -0.15) is 5.26 Å². The molecular formula is C22H21N5O3. The topological polar surface area (TPSA) is 125 Å². The minimum absolute atomic E-state index is 0.0763. The van der Waals surface area contributed by atoms with Crippen LogP contribution in [0.15, 0.2) is 70.0 Å². The molecule has 30 heavy (non-hydrogen) atoms. The first-order valence-corrected chi connectivity index (χ1v) is 9.53. The molecule has 2 aromatic heterocycles. The number of carbonyl (C=O) groups is 2. The van der Waals surface area contributed by atoms with Gasteiger partial charge >= 0.3 is 5.91 Å². The van der Waals surface area contributed by atoms with Crippen molar-refractivity contribution in [2.45, 2.75) is 32.6 Å². The molecule has 4 rings (SSSR count). The number of Topliss-reactive ketones (excluding diaryl/α,β-unsaturated/α-hetero) is 1. The third-order valence-corrected chi connectivity index (χ3v) is 5.36. The molecule has 2 aromatic rings. The Hall–Kier alpha value is -3.86. The van der Waals surface area contributed by atoms with Gasteiger partial charge in [0, 0.05) is 24.4 Å². The smallest absolute Gasteiger partial charge is 0.305 e. The quantitative estimate of drug-likeness (QED) is 0.807. The van der Waals surface area contributed by atoms with Crippen LogP contribution >= 0.6 is 0 Å². The highest BCUT2D eigenvalue weighted by Crippen LogP contribution is 2.48. The average molecular weight is 403 g/mol. The van der Waals surface area contributed by atoms with E-state index in [-0.39, 0.29) is 28.4 Å². The van der Waals surface area contributed by atoms with Gasteiger partial charge in [0.25, 0.3) is 0 Å². The minimum atomic E-state index is -0.626. The lowest BCUT2D eigenvalue weighted by Gasteiger charge is -2.43. The largest absolute Gasteiger partial charge is 0.459 e. The first-order chi connectivity index (χ1) is 14.3. The van der Waals surface area contributed by atoms with Gasteiger partial charge in [0.2, 0.25) is 0 Å². The summed E-state index contributed by atoms with van der Waals surface area (Å²) in [5, 5.41) is 11.3. The van der Waals surface area contributed by atoms with Gasteiger partial charge in [-0.3, -0.25) is 20.0 Å². The standard InChI is InChI=1S/C22H21N5O3/c1-22(2)9-15-19(16(28)10-22)18(13-5-3-7-25-12-13)14(11-23)20(24)27(15)26-21(29)17-6-4-8-30-17/h3-8,12,18H,9-10,24H2,1-2H3,(H,26,29). The van der Waals surface area contributed by atoms with Crippen LogP contribution in [0, 0.1) is 16.7 Å². The van der Waals surface area contributed by atoms with Gasteiger partial charge in [0.15, 0.2) is 11.5 Å². The lowest BCUT2D eigenvalue weighted by atomic mass is 9.69. The minimum Gasteiger partial charge on any atom is -0.459 e. The molecule has 1 unspecified atom stereocenters. The van der Waals surface area contributed by atoms with Gasteiger partial charge in [-0.1, -0.05) is 19.9 Å². The third kappa shape index (κ3) is 3.24. The summed E-state index contributed by atoms with van der Waals surface area (Å²) in [5.41, 5.74) is 10.7. The number of rotatable bonds is 3. The maximum atomic E-state index is 13.2. The number of pyridine rings is 1. The van der Waals surface area contributed by atoms with Crippen molar-refractivity contribution in [2.24, 2.45) is 11.1 Å². The Balaban J connectivity index is 1.87. The number of nitrogens with zero attached hydrogens (tertiary/aromatic N) is 3. The number of nitrogens with two attached hydrogens (primary N) is 1. The van der Waals surface area contributed by atoms with E-state index in [1.54, 1.807) is 24.5 Å². The SMILES string of the molecule is CC1(C)CC(=O)C2=C(C1)N(NC(=O)c1ccco1)C(N)=C(C#N)C2c1cccnc1. The second-order valence-electron chi connectivity index (χ2n) is 8.19. The van der Waals surface area contributed by atoms with Crippen molar-refractivity contribution in [3.63, 3.8) is 0 Å². The van der Waals surface area contributed by atoms with Gasteiger partial charge in [-0.05, 0) is 35.6 Å². The van der Waals surface area contributed by atoms with E-state index in [1.165, 1.54) is 17.3 Å². The van der Waals surface area contributed by atoms with Crippen LogP contribution < -0.4 is 11.2 Å². The van der Waals surface area contributed by atoms with Crippen LogP contribution in [0.4, 0.5) is 0 Å². The van der Waals surface area contributed by atoms with Gasteiger partial charge < -0.3 is 10.2 Å². The number of allylic oxidation sites excluding steroid dienone is 3. The Kier molecular flexibility index (Phi) is 4.66. The van der Waals surface area contributed by atoms with E-state index in [2.05, 4.69) is 16.5 Å². The van der Waals surface area contributed by atoms with Crippen molar-refractivity contribution in [1.82, 2.24) is 15.4 Å². The van der Waals surface area contributed by atoms with E-state index in [0.29, 0.717) is 29.7 Å². The second-order valence-corrected chi connectivity index (χ2v) is 8.19. The van der Waals surface area contributed by atoms with Gasteiger partial charge in [0.05, 0.1) is 29.5 Å². The third-order valence-electron chi connectivity index (χ3n) is 5.36. The highest BCUT2D eigenvalue weighted by atomic mass is 16.3. The van der Waals surface area contributed by atoms with Crippen molar-refractivity contribution in [3.05, 3.63) is 76.9 Å². The van der Waals surface area contributed by atoms with Crippen molar-refractivity contribution in [2.75, 3.05) is 0 Å². The van der Waals surface area contributed by atoms with Crippen LogP contribution in [0.5, 0.6) is 0 Å². The summed E-state index contributed by atoms with van der Waals surface area (Å²) >= 11 is 0. The molecule has 1 aliphatic heterocycles. The summed E-state index contributed by atoms with van der Waals surface area (Å²) in [4.78, 5) is 30.0. The summed E-state index contributed by atoms with van der Waals surface area (Å²) in [6, 6.07) is 8.83. The number of carbonyl (C=O) groups excluding carboxylic acids is 2. The number of nitrogens with one attached hydrogen (secondary N) is 1. The number of amides is 1. The Morgan fingerprint density at radius 3 is 2.80 bits per heavy atom. The Morgan fingerprint density at radius 2 is 2.17 bits per heavy atom. The number of hydrogen-bond donors (Lipinski definition) is 2. The van der Waals surface area contributed by atoms with E-state index in [9.17, 15) is 14.9 Å². The molecule has 0 aromatic carbocycles. The molecule has 0 spiro atoms. The van der Waals surface area contributed by atoms with Crippen molar-refractivity contribution >= 4 is 11.7 Å². The maximum absolute atomic E-state index is 13.2. The molecule has 1 amide bonds. The van der Waals surface area contributed by atoms with E-state index < -0.39 is 11.8 Å². The number of nitriles is 1. The maximum Gasteiger partial charge on any atom is 0.305 e. The molecule has 0 saturated heterocycles. The number of furan rings is 1. The van der Waals surface area contributed by atoms with Crippen LogP contribution in [0.25, 0.3) is 0 Å². The van der Waals surface area contributed by atoms with Crippen LogP contribution in [0.2, 0.25) is 0 Å². The highest BCUT2D eigenvalue weighted by molar-refractivity contribution is 6.00. The Morgan fingerprint density at radius 1 is 1.37 bits per heavy atom. The molecule has 0 fully saturated rings. The molecule has 8 heteroatoms. The monoisotopic (exact) mass is 403 g/mol. The first-order valence-electron chi connectivity index (χ1n) is 9.53. The van der Waals surface area contributed by atoms with Crippen LogP contribution in [0.1, 0.15) is 48.7 Å². The van der Waals surface area contributed by atoms with E-state index in [0.717, 1.165) is 0 Å². The second kappa shape index (κ2) is 7.19. The van der Waals surface area contributed by atoms with Gasteiger partial charge in [-0.15, -0.1) is 0 Å². The molecule has 1 atom stereocenters. The molecule has 0 bridgehead atoms. The van der Waals surface area contributed by atoms with Crippen molar-refractivity contribution in [3.8, 4) is 6.07 Å². The van der Waals surface area contributed by atoms with E-state index >= 15 is 0 Å². The zero-order chi connectivity index (χ0) is 21.5. The summed E-state index contributed by atoms with van der Waals surface area (Å²) in [7, 11) is 0. The van der Waals surface area contributed by atoms with Crippen molar-refractivity contribution < 1.29 is 14.0 Å². The molecule has 1 aliphatic carbocycles. The average Bonchev–Trinajstić information content (AvgIpc) is 3.24. The Bertz CT molecular complexity index is 1110. The number of ketones is 1. The molecule has 3 N–H and O–H groups in total. The number of aromatic nitrogens is 1. The molecule has 3 heterocycles. The highest BCUT2D eigenvalue weighted by Gasteiger charge is 2.45. The Labute approximate surface area is 173 Å². The summed E-state index contributed by atoms with van der Waals surface area (Å²) in [5.74, 6) is -1.05. The zero-order valence-corrected chi connectivity index (χ0v) is 16.7. The molecular weight excluding hydrogens is 382 g/mol. The van der Waals surface area contributed by atoms with E-state index in [4.69, 9.17) is 10.2 Å². The summed E-state index contributed by atoms with van der Waals surface area (Å²) < 4.78 is 5.16. The van der Waals surface area contributed by atoms with Crippen LogP contribution in [-0.4, -0.2) is 21.7 Å². The number of hydrazine groups is 1. The molecule has 0 saturated carbocycles. The predicted octanol–water partition coefficient (Wildman–Crippen LogP) is 2.76. The lowest BCUT2D eigenvalue weighted by molar-refractivity contribution is -0.118. The first kappa shape index (κ1) is 19.5. The fraction of sp³-hybridized carbons (Fsp3) is 0.273. The fourth-order valence-corrected chi connectivity index (χ4v) is 4.08.